The van der Waals surface area contributed by atoms with Gasteiger partial charge in [-0.3, -0.25) is 0 Å². The second kappa shape index (κ2) is 4.59. The van der Waals surface area contributed by atoms with Crippen molar-refractivity contribution >= 4 is 0 Å². The van der Waals surface area contributed by atoms with Crippen molar-refractivity contribution in [2.24, 2.45) is 17.8 Å². The summed E-state index contributed by atoms with van der Waals surface area (Å²) in [7, 11) is 0. The molecule has 0 unspecified atom stereocenters. The lowest BCUT2D eigenvalue weighted by Gasteiger charge is -2.55. The molecule has 0 aromatic carbocycles. The minimum Gasteiger partial charge on any atom is -0.361 e. The third-order valence-corrected chi connectivity index (χ3v) is 5.81. The van der Waals surface area contributed by atoms with Crippen LogP contribution in [0.1, 0.15) is 63.8 Å². The second-order valence-corrected chi connectivity index (χ2v) is 7.92. The first kappa shape index (κ1) is 12.9. The lowest BCUT2D eigenvalue weighted by Crippen LogP contribution is -2.48. The highest BCUT2D eigenvalue weighted by molar-refractivity contribution is 5.22. The van der Waals surface area contributed by atoms with Gasteiger partial charge in [0.05, 0.1) is 5.69 Å². The Labute approximate surface area is 121 Å². The molecule has 0 saturated heterocycles. The number of rotatable bonds is 4. The van der Waals surface area contributed by atoms with Crippen LogP contribution in [0.15, 0.2) is 10.6 Å². The Bertz CT molecular complexity index is 456. The fourth-order valence-electron chi connectivity index (χ4n) is 5.37. The van der Waals surface area contributed by atoms with E-state index in [1.165, 1.54) is 44.3 Å². The summed E-state index contributed by atoms with van der Waals surface area (Å²) < 4.78 is 5.79. The SMILES string of the molecule is CC(C)NCc1cc(C23CC4CC(CC(C4)C2)C3)on1. The average molecular weight is 274 g/mol. The quantitative estimate of drug-likeness (QED) is 0.911. The molecule has 0 atom stereocenters. The Hall–Kier alpha value is -0.830. The molecular weight excluding hydrogens is 248 g/mol. The summed E-state index contributed by atoms with van der Waals surface area (Å²) in [5.74, 6) is 4.08. The third kappa shape index (κ3) is 2.11. The molecule has 4 saturated carbocycles. The van der Waals surface area contributed by atoms with E-state index in [9.17, 15) is 0 Å². The first-order chi connectivity index (χ1) is 9.63. The molecule has 0 aliphatic heterocycles. The zero-order valence-electron chi connectivity index (χ0n) is 12.7. The van der Waals surface area contributed by atoms with E-state index in [1.54, 1.807) is 0 Å². The molecule has 1 N–H and O–H groups in total. The number of hydrogen-bond acceptors (Lipinski definition) is 3. The summed E-state index contributed by atoms with van der Waals surface area (Å²) >= 11 is 0. The van der Waals surface area contributed by atoms with E-state index in [1.807, 2.05) is 0 Å². The van der Waals surface area contributed by atoms with E-state index < -0.39 is 0 Å². The van der Waals surface area contributed by atoms with Gasteiger partial charge in [-0.15, -0.1) is 0 Å². The van der Waals surface area contributed by atoms with Crippen LogP contribution >= 0.6 is 0 Å². The Morgan fingerprint density at radius 1 is 1.20 bits per heavy atom. The fraction of sp³-hybridized carbons (Fsp3) is 0.824. The summed E-state index contributed by atoms with van der Waals surface area (Å²) in [6.45, 7) is 5.16. The molecular formula is C17H26N2O. The third-order valence-electron chi connectivity index (χ3n) is 5.81. The summed E-state index contributed by atoms with van der Waals surface area (Å²) in [6.07, 6.45) is 8.50. The van der Waals surface area contributed by atoms with Crippen LogP contribution < -0.4 is 5.32 Å². The minimum absolute atomic E-state index is 0.345. The molecule has 0 amide bonds. The first-order valence-corrected chi connectivity index (χ1v) is 8.32. The minimum atomic E-state index is 0.345. The van der Waals surface area contributed by atoms with Gasteiger partial charge in [-0.2, -0.15) is 0 Å². The number of hydrogen-bond donors (Lipinski definition) is 1. The van der Waals surface area contributed by atoms with Gasteiger partial charge < -0.3 is 9.84 Å². The van der Waals surface area contributed by atoms with Gasteiger partial charge in [-0.1, -0.05) is 19.0 Å². The Kier molecular flexibility index (Phi) is 2.95. The Morgan fingerprint density at radius 3 is 2.35 bits per heavy atom. The first-order valence-electron chi connectivity index (χ1n) is 8.32. The number of aromatic nitrogens is 1. The second-order valence-electron chi connectivity index (χ2n) is 7.92. The predicted octanol–water partition coefficient (Wildman–Crippen LogP) is 3.64. The molecule has 1 heterocycles. The van der Waals surface area contributed by atoms with Crippen molar-refractivity contribution < 1.29 is 4.52 Å². The predicted molar refractivity (Wildman–Crippen MR) is 78.3 cm³/mol. The molecule has 110 valence electrons. The maximum Gasteiger partial charge on any atom is 0.143 e. The van der Waals surface area contributed by atoms with Crippen molar-refractivity contribution in [3.8, 4) is 0 Å². The highest BCUT2D eigenvalue weighted by Crippen LogP contribution is 2.60. The fourth-order valence-corrected chi connectivity index (χ4v) is 5.37. The van der Waals surface area contributed by atoms with Crippen molar-refractivity contribution in [3.63, 3.8) is 0 Å². The van der Waals surface area contributed by atoms with Crippen LogP contribution in [-0.2, 0) is 12.0 Å². The van der Waals surface area contributed by atoms with Gasteiger partial charge >= 0.3 is 0 Å². The van der Waals surface area contributed by atoms with Crippen LogP contribution in [0.25, 0.3) is 0 Å². The lowest BCUT2D eigenvalue weighted by atomic mass is 9.49. The van der Waals surface area contributed by atoms with Crippen LogP contribution in [0.3, 0.4) is 0 Å². The standard InChI is InChI=1S/C17H26N2O/c1-11(2)18-10-15-6-16(20-19-15)17-7-12-3-13(8-17)5-14(4-12)9-17/h6,11-14,18H,3-5,7-10H2,1-2H3. The lowest BCUT2D eigenvalue weighted by molar-refractivity contribution is -0.0175. The maximum absolute atomic E-state index is 5.79. The van der Waals surface area contributed by atoms with E-state index in [-0.39, 0.29) is 0 Å². The zero-order chi connectivity index (χ0) is 13.7. The van der Waals surface area contributed by atoms with Crippen molar-refractivity contribution in [2.75, 3.05) is 0 Å². The van der Waals surface area contributed by atoms with Crippen molar-refractivity contribution in [1.29, 1.82) is 0 Å². The molecule has 20 heavy (non-hydrogen) atoms. The largest absolute Gasteiger partial charge is 0.361 e. The van der Waals surface area contributed by atoms with Crippen molar-refractivity contribution in [1.82, 2.24) is 10.5 Å². The van der Waals surface area contributed by atoms with E-state index in [0.717, 1.165) is 30.0 Å². The summed E-state index contributed by atoms with van der Waals surface area (Å²) in [5, 5.41) is 7.73. The summed E-state index contributed by atoms with van der Waals surface area (Å²) in [4.78, 5) is 0. The monoisotopic (exact) mass is 274 g/mol. The Morgan fingerprint density at radius 2 is 1.80 bits per heavy atom. The Balaban J connectivity index is 1.55. The number of nitrogens with one attached hydrogen (secondary N) is 1. The molecule has 1 aromatic rings. The van der Waals surface area contributed by atoms with Crippen molar-refractivity contribution in [2.45, 2.75) is 70.4 Å². The van der Waals surface area contributed by atoms with Crippen LogP contribution in [0.5, 0.6) is 0 Å². The topological polar surface area (TPSA) is 38.1 Å². The molecule has 4 aliphatic rings. The zero-order valence-corrected chi connectivity index (χ0v) is 12.7. The summed E-state index contributed by atoms with van der Waals surface area (Å²) in [6, 6.07) is 2.73. The van der Waals surface area contributed by atoms with Gasteiger partial charge in [0.1, 0.15) is 5.76 Å². The van der Waals surface area contributed by atoms with E-state index in [4.69, 9.17) is 4.52 Å². The van der Waals surface area contributed by atoms with Crippen LogP contribution in [0.2, 0.25) is 0 Å². The molecule has 4 aliphatic carbocycles. The van der Waals surface area contributed by atoms with E-state index in [2.05, 4.69) is 30.4 Å². The molecule has 0 radical (unpaired) electrons. The maximum atomic E-state index is 5.79. The van der Waals surface area contributed by atoms with Crippen LogP contribution in [0, 0.1) is 17.8 Å². The van der Waals surface area contributed by atoms with Crippen LogP contribution in [-0.4, -0.2) is 11.2 Å². The molecule has 0 spiro atoms. The smallest absolute Gasteiger partial charge is 0.143 e. The van der Waals surface area contributed by atoms with Gasteiger partial charge in [0.15, 0.2) is 0 Å². The molecule has 4 fully saturated rings. The highest BCUT2D eigenvalue weighted by atomic mass is 16.5. The van der Waals surface area contributed by atoms with Gasteiger partial charge in [-0.05, 0) is 56.3 Å². The van der Waals surface area contributed by atoms with Gasteiger partial charge in [0.2, 0.25) is 0 Å². The molecule has 5 rings (SSSR count). The molecule has 3 heteroatoms. The van der Waals surface area contributed by atoms with Crippen LogP contribution in [0.4, 0.5) is 0 Å². The van der Waals surface area contributed by atoms with Crippen molar-refractivity contribution in [3.05, 3.63) is 17.5 Å². The molecule has 1 aromatic heterocycles. The van der Waals surface area contributed by atoms with E-state index >= 15 is 0 Å². The van der Waals surface area contributed by atoms with Gasteiger partial charge in [0.25, 0.3) is 0 Å². The average Bonchev–Trinajstić information content (AvgIpc) is 2.84. The summed E-state index contributed by atoms with van der Waals surface area (Å²) in [5.41, 5.74) is 1.42. The normalized spacial score (nSPS) is 38.9. The number of nitrogens with zero attached hydrogens (tertiary/aromatic N) is 1. The van der Waals surface area contributed by atoms with E-state index in [0.29, 0.717) is 11.5 Å². The molecule has 4 bridgehead atoms. The molecule has 3 nitrogen and oxygen atoms in total. The highest BCUT2D eigenvalue weighted by Gasteiger charge is 2.53. The van der Waals surface area contributed by atoms with Gasteiger partial charge in [0, 0.05) is 24.1 Å². The van der Waals surface area contributed by atoms with Gasteiger partial charge in [-0.25, -0.2) is 0 Å².